The van der Waals surface area contributed by atoms with Crippen LogP contribution in [0.2, 0.25) is 0 Å². The van der Waals surface area contributed by atoms with Gasteiger partial charge < -0.3 is 24.3 Å². The maximum atomic E-state index is 13.3. The molecule has 1 aliphatic carbocycles. The number of methoxy groups -OCH3 is 1. The number of carbonyl (C=O) groups excluding carboxylic acids is 3. The van der Waals surface area contributed by atoms with Crippen molar-refractivity contribution in [3.63, 3.8) is 0 Å². The average Bonchev–Trinajstić information content (AvgIpc) is 3.12. The van der Waals surface area contributed by atoms with Gasteiger partial charge in [-0.3, -0.25) is 9.59 Å². The Balaban J connectivity index is 1.51. The molecule has 3 amide bonds. The summed E-state index contributed by atoms with van der Waals surface area (Å²) in [6, 6.07) is 15.5. The number of likely N-dealkylation sites (tertiary alicyclic amines) is 1. The van der Waals surface area contributed by atoms with Gasteiger partial charge in [0, 0.05) is 0 Å². The molecule has 2 aromatic carbocycles. The lowest BCUT2D eigenvalue weighted by atomic mass is 9.55. The Morgan fingerprint density at radius 3 is 2.49 bits per heavy atom. The van der Waals surface area contributed by atoms with Crippen LogP contribution in [0.1, 0.15) is 24.5 Å². The molecule has 35 heavy (non-hydrogen) atoms. The van der Waals surface area contributed by atoms with Crippen LogP contribution < -0.4 is 4.74 Å². The van der Waals surface area contributed by atoms with Crippen molar-refractivity contribution in [2.75, 3.05) is 13.7 Å². The molecular formula is C25H24BNO8. The topological polar surface area (TPSA) is 123 Å². The number of imide groups is 3. The summed E-state index contributed by atoms with van der Waals surface area (Å²) in [5.74, 6) is -2.66. The first-order valence-electron chi connectivity index (χ1n) is 11.4. The number of fused-ring (bicyclic) bond motifs is 3. The van der Waals surface area contributed by atoms with E-state index in [1.165, 1.54) is 12.1 Å². The molecule has 180 valence electrons. The van der Waals surface area contributed by atoms with E-state index in [9.17, 15) is 24.5 Å². The van der Waals surface area contributed by atoms with Crippen LogP contribution in [0.5, 0.6) is 11.5 Å². The summed E-state index contributed by atoms with van der Waals surface area (Å²) in [5, 5.41) is 20.7. The van der Waals surface area contributed by atoms with Crippen molar-refractivity contribution in [2.45, 2.75) is 18.9 Å². The largest absolute Gasteiger partial charge is 0.508 e. The van der Waals surface area contributed by atoms with Crippen molar-refractivity contribution in [1.82, 2.24) is 4.90 Å². The molecule has 3 aliphatic rings. The number of allylic oxidation sites excluding steroid dienone is 1. The van der Waals surface area contributed by atoms with Crippen molar-refractivity contribution in [2.24, 2.45) is 17.8 Å². The maximum Gasteiger partial charge on any atom is 0.487 e. The number of phenolic OH excluding ortho intramolecular Hbond substituents is 1. The summed E-state index contributed by atoms with van der Waals surface area (Å²) in [6.07, 6.45) is -1.13. The molecule has 2 aromatic rings. The smallest absolute Gasteiger partial charge is 0.487 e. The molecule has 0 radical (unpaired) electrons. The Bertz CT molecular complexity index is 1180. The summed E-state index contributed by atoms with van der Waals surface area (Å²) in [5.41, 5.74) is 1.90. The second kappa shape index (κ2) is 9.20. The lowest BCUT2D eigenvalue weighted by molar-refractivity contribution is -0.137. The van der Waals surface area contributed by atoms with E-state index in [1.807, 2.05) is 18.2 Å². The predicted molar refractivity (Wildman–Crippen MR) is 123 cm³/mol. The van der Waals surface area contributed by atoms with Gasteiger partial charge in [-0.15, -0.1) is 0 Å². The van der Waals surface area contributed by atoms with Crippen molar-refractivity contribution in [1.29, 1.82) is 0 Å². The fourth-order valence-corrected chi connectivity index (χ4v) is 5.41. The lowest BCUT2D eigenvalue weighted by Crippen LogP contribution is -2.45. The van der Waals surface area contributed by atoms with Crippen LogP contribution in [0.25, 0.3) is 0 Å². The van der Waals surface area contributed by atoms with Gasteiger partial charge in [0.2, 0.25) is 11.8 Å². The van der Waals surface area contributed by atoms with Gasteiger partial charge in [-0.25, -0.2) is 4.79 Å². The predicted octanol–water partition coefficient (Wildman–Crippen LogP) is 2.64. The number of nitrogens with zero attached hydrogens (tertiary/aromatic N) is 1. The van der Waals surface area contributed by atoms with Crippen LogP contribution in [0.4, 0.5) is 4.79 Å². The number of rotatable bonds is 4. The van der Waals surface area contributed by atoms with Crippen molar-refractivity contribution < 1.29 is 38.6 Å². The zero-order chi connectivity index (χ0) is 24.7. The van der Waals surface area contributed by atoms with Gasteiger partial charge in [0.1, 0.15) is 18.1 Å². The van der Waals surface area contributed by atoms with Gasteiger partial charge in [-0.2, -0.15) is 4.90 Å². The van der Waals surface area contributed by atoms with Crippen LogP contribution >= 0.6 is 0 Å². The number of amides is 3. The highest BCUT2D eigenvalue weighted by atomic mass is 16.5. The number of hydrogen-bond acceptors (Lipinski definition) is 8. The van der Waals surface area contributed by atoms with Crippen LogP contribution in [-0.2, 0) is 19.0 Å². The molecule has 2 N–H and O–H groups in total. The molecule has 2 fully saturated rings. The quantitative estimate of drug-likeness (QED) is 0.509. The summed E-state index contributed by atoms with van der Waals surface area (Å²) >= 11 is 0. The van der Waals surface area contributed by atoms with Gasteiger partial charge in [0.15, 0.2) is 0 Å². The van der Waals surface area contributed by atoms with Crippen LogP contribution in [0, 0.1) is 17.8 Å². The number of phenols is 1. The van der Waals surface area contributed by atoms with E-state index >= 15 is 0 Å². The SMILES string of the molecule is COC(=O)N1C(=O)[C@H]2[C@H](CC(COc3ccccc3)=C3B(O)O[C@H](c4ccc(O)cc4)C[C@H]32)C1=O. The van der Waals surface area contributed by atoms with E-state index in [4.69, 9.17) is 9.39 Å². The second-order valence-corrected chi connectivity index (χ2v) is 8.89. The zero-order valence-corrected chi connectivity index (χ0v) is 19.0. The van der Waals surface area contributed by atoms with Crippen molar-refractivity contribution >= 4 is 25.0 Å². The van der Waals surface area contributed by atoms with Gasteiger partial charge in [-0.1, -0.05) is 30.3 Å². The maximum absolute atomic E-state index is 13.3. The number of hydrogen-bond donors (Lipinski definition) is 2. The van der Waals surface area contributed by atoms with Crippen LogP contribution in [0.3, 0.4) is 0 Å². The molecule has 4 atom stereocenters. The fourth-order valence-electron chi connectivity index (χ4n) is 5.41. The highest BCUT2D eigenvalue weighted by molar-refractivity contribution is 6.53. The Morgan fingerprint density at radius 2 is 1.80 bits per heavy atom. The molecule has 2 saturated heterocycles. The van der Waals surface area contributed by atoms with E-state index in [-0.39, 0.29) is 18.8 Å². The fraction of sp³-hybridized carbons (Fsp3) is 0.320. The van der Waals surface area contributed by atoms with Gasteiger partial charge in [0.05, 0.1) is 25.0 Å². The Kier molecular flexibility index (Phi) is 6.08. The molecule has 0 aromatic heterocycles. The lowest BCUT2D eigenvalue weighted by Gasteiger charge is -2.42. The number of para-hydroxylation sites is 1. The second-order valence-electron chi connectivity index (χ2n) is 8.89. The molecule has 0 spiro atoms. The van der Waals surface area contributed by atoms with Gasteiger partial charge in [0.25, 0.3) is 0 Å². The Labute approximate surface area is 202 Å². The molecular weight excluding hydrogens is 453 g/mol. The molecule has 2 heterocycles. The molecule has 0 bridgehead atoms. The third-order valence-corrected chi connectivity index (χ3v) is 6.99. The van der Waals surface area contributed by atoms with E-state index in [0.717, 1.165) is 7.11 Å². The minimum absolute atomic E-state index is 0.0917. The standard InChI is InChI=1S/C25H24BNO8/c1-33-25(31)27-23(29)19-11-15(13-34-17-5-3-2-4-6-17)22-18(21(19)24(27)30)12-20(35-26(22)32)14-7-9-16(28)10-8-14/h2-10,18-21,28,32H,11-13H2,1H3/t18-,19-,20-,21+/m0/s1. The normalized spacial score (nSPS) is 25.9. The van der Waals surface area contributed by atoms with E-state index in [2.05, 4.69) is 4.74 Å². The Hall–Kier alpha value is -3.63. The van der Waals surface area contributed by atoms with Crippen molar-refractivity contribution in [3.8, 4) is 11.5 Å². The minimum atomic E-state index is -1.32. The van der Waals surface area contributed by atoms with E-state index in [1.54, 1.807) is 24.3 Å². The number of carbonyl (C=O) groups is 3. The Morgan fingerprint density at radius 1 is 1.09 bits per heavy atom. The number of ether oxygens (including phenoxy) is 2. The first kappa shape index (κ1) is 23.1. The van der Waals surface area contributed by atoms with Crippen molar-refractivity contribution in [3.05, 3.63) is 71.2 Å². The van der Waals surface area contributed by atoms with Crippen LogP contribution in [0.15, 0.2) is 65.6 Å². The van der Waals surface area contributed by atoms with Crippen LogP contribution in [-0.4, -0.2) is 53.8 Å². The molecule has 2 aliphatic heterocycles. The summed E-state index contributed by atoms with van der Waals surface area (Å²) < 4.78 is 16.5. The third-order valence-electron chi connectivity index (χ3n) is 6.99. The average molecular weight is 477 g/mol. The molecule has 5 rings (SSSR count). The highest BCUT2D eigenvalue weighted by Crippen LogP contribution is 2.51. The molecule has 0 saturated carbocycles. The highest BCUT2D eigenvalue weighted by Gasteiger charge is 2.59. The van der Waals surface area contributed by atoms with Gasteiger partial charge in [-0.05, 0) is 59.6 Å². The molecule has 9 nitrogen and oxygen atoms in total. The third kappa shape index (κ3) is 4.08. The summed E-state index contributed by atoms with van der Waals surface area (Å²) in [7, 11) is -0.204. The molecule has 0 unspecified atom stereocenters. The first-order valence-corrected chi connectivity index (χ1v) is 11.4. The summed E-state index contributed by atoms with van der Waals surface area (Å²) in [4.78, 5) is 39.2. The first-order chi connectivity index (χ1) is 16.9. The number of benzene rings is 2. The van der Waals surface area contributed by atoms with E-state index < -0.39 is 48.9 Å². The molecule has 10 heteroatoms. The van der Waals surface area contributed by atoms with E-state index in [0.29, 0.717) is 33.7 Å². The zero-order valence-electron chi connectivity index (χ0n) is 19.0. The minimum Gasteiger partial charge on any atom is -0.508 e. The van der Waals surface area contributed by atoms with Gasteiger partial charge >= 0.3 is 13.2 Å². The summed E-state index contributed by atoms with van der Waals surface area (Å²) in [6.45, 7) is 0.100. The monoisotopic (exact) mass is 477 g/mol. The number of aromatic hydroxyl groups is 1.